The van der Waals surface area contributed by atoms with Crippen LogP contribution in [0.3, 0.4) is 0 Å². The Bertz CT molecular complexity index is 836. The maximum Gasteiger partial charge on any atom is 0.264 e. The number of fused-ring (bicyclic) bond motifs is 1. The van der Waals surface area contributed by atoms with Crippen LogP contribution in [0, 0.1) is 0 Å². The molecule has 6 nitrogen and oxygen atoms in total. The lowest BCUT2D eigenvalue weighted by atomic mass is 10.1. The van der Waals surface area contributed by atoms with Gasteiger partial charge in [-0.2, -0.15) is 0 Å². The van der Waals surface area contributed by atoms with Crippen molar-refractivity contribution in [3.63, 3.8) is 0 Å². The molecule has 0 amide bonds. The second-order valence-electron chi connectivity index (χ2n) is 6.22. The lowest BCUT2D eigenvalue weighted by molar-refractivity contribution is 0.105. The largest absolute Gasteiger partial charge is 0.394 e. The van der Waals surface area contributed by atoms with E-state index < -0.39 is 16.1 Å². The third-order valence-corrected chi connectivity index (χ3v) is 6.25. The summed E-state index contributed by atoms with van der Waals surface area (Å²) in [5, 5.41) is 21.1. The van der Waals surface area contributed by atoms with E-state index >= 15 is 0 Å². The van der Waals surface area contributed by atoms with Gasteiger partial charge in [0, 0.05) is 18.3 Å². The van der Waals surface area contributed by atoms with Crippen molar-refractivity contribution >= 4 is 21.4 Å². The zero-order chi connectivity index (χ0) is 18.0. The van der Waals surface area contributed by atoms with Gasteiger partial charge in [0.05, 0.1) is 23.3 Å². The number of para-hydroxylation sites is 1. The van der Waals surface area contributed by atoms with Crippen molar-refractivity contribution in [1.82, 2.24) is 0 Å². The molecule has 0 spiro atoms. The number of nitrogens with one attached hydrogen (secondary N) is 1. The summed E-state index contributed by atoms with van der Waals surface area (Å²) in [6, 6.07) is 13.9. The van der Waals surface area contributed by atoms with Crippen molar-refractivity contribution in [3.05, 3.63) is 54.1 Å². The van der Waals surface area contributed by atoms with Crippen LogP contribution in [0.5, 0.6) is 0 Å². The maximum absolute atomic E-state index is 13.1. The van der Waals surface area contributed by atoms with E-state index in [9.17, 15) is 13.5 Å². The molecule has 0 aromatic heterocycles. The van der Waals surface area contributed by atoms with Crippen LogP contribution in [0.15, 0.2) is 53.4 Å². The van der Waals surface area contributed by atoms with Gasteiger partial charge in [-0.3, -0.25) is 4.31 Å². The molecule has 0 aliphatic carbocycles. The van der Waals surface area contributed by atoms with Gasteiger partial charge < -0.3 is 15.5 Å². The van der Waals surface area contributed by atoms with Crippen LogP contribution in [-0.4, -0.2) is 43.9 Å². The number of anilines is 2. The monoisotopic (exact) mass is 362 g/mol. The molecule has 1 aliphatic rings. The second kappa shape index (κ2) is 7.03. The van der Waals surface area contributed by atoms with E-state index in [-0.39, 0.29) is 24.1 Å². The Hall–Kier alpha value is -2.09. The lowest BCUT2D eigenvalue weighted by Gasteiger charge is -2.24. The smallest absolute Gasteiger partial charge is 0.264 e. The predicted molar refractivity (Wildman–Crippen MR) is 97.3 cm³/mol. The van der Waals surface area contributed by atoms with E-state index in [2.05, 4.69) is 5.32 Å². The molecule has 0 bridgehead atoms. The molecule has 1 aliphatic heterocycles. The molecule has 2 atom stereocenters. The molecule has 0 radical (unpaired) electrons. The van der Waals surface area contributed by atoms with Crippen molar-refractivity contribution in [2.45, 2.75) is 30.4 Å². The molecular weight excluding hydrogens is 340 g/mol. The molecule has 3 rings (SSSR count). The quantitative estimate of drug-likeness (QED) is 0.726. The van der Waals surface area contributed by atoms with Crippen LogP contribution in [0.1, 0.15) is 12.5 Å². The number of nitrogens with zero attached hydrogens (tertiary/aromatic N) is 1. The molecule has 0 saturated heterocycles. The summed E-state index contributed by atoms with van der Waals surface area (Å²) >= 11 is 0. The molecule has 25 heavy (non-hydrogen) atoms. The summed E-state index contributed by atoms with van der Waals surface area (Å²) in [5.41, 5.74) is 2.46. The SMILES string of the molecule is CC1Cc2ccccc2N1S(=O)(=O)c1ccc(NCC(O)CO)cc1. The average molecular weight is 362 g/mol. The molecule has 2 aromatic rings. The maximum atomic E-state index is 13.1. The first-order chi connectivity index (χ1) is 11.9. The fraction of sp³-hybridized carbons (Fsp3) is 0.333. The minimum Gasteiger partial charge on any atom is -0.394 e. The van der Waals surface area contributed by atoms with Gasteiger partial charge >= 0.3 is 0 Å². The van der Waals surface area contributed by atoms with E-state index in [1.807, 2.05) is 31.2 Å². The molecule has 2 aromatic carbocycles. The van der Waals surface area contributed by atoms with Gasteiger partial charge in [0.25, 0.3) is 10.0 Å². The van der Waals surface area contributed by atoms with Crippen LogP contribution in [0.2, 0.25) is 0 Å². The number of aliphatic hydroxyl groups is 2. The van der Waals surface area contributed by atoms with E-state index in [0.717, 1.165) is 11.3 Å². The van der Waals surface area contributed by atoms with E-state index in [4.69, 9.17) is 5.11 Å². The summed E-state index contributed by atoms with van der Waals surface area (Å²) in [4.78, 5) is 0.226. The first-order valence-electron chi connectivity index (χ1n) is 8.18. The Morgan fingerprint density at radius 1 is 1.20 bits per heavy atom. The van der Waals surface area contributed by atoms with Gasteiger partial charge in [-0.1, -0.05) is 18.2 Å². The topological polar surface area (TPSA) is 89.9 Å². The zero-order valence-corrected chi connectivity index (χ0v) is 14.8. The number of aliphatic hydroxyl groups excluding tert-OH is 2. The molecule has 7 heteroatoms. The third kappa shape index (κ3) is 3.49. The van der Waals surface area contributed by atoms with Gasteiger partial charge in [-0.15, -0.1) is 0 Å². The van der Waals surface area contributed by atoms with Crippen LogP contribution in [0.4, 0.5) is 11.4 Å². The Morgan fingerprint density at radius 3 is 2.56 bits per heavy atom. The van der Waals surface area contributed by atoms with Crippen molar-refractivity contribution in [3.8, 4) is 0 Å². The summed E-state index contributed by atoms with van der Waals surface area (Å²) in [7, 11) is -3.64. The third-order valence-electron chi connectivity index (χ3n) is 4.31. The highest BCUT2D eigenvalue weighted by Crippen LogP contribution is 2.36. The molecule has 2 unspecified atom stereocenters. The highest BCUT2D eigenvalue weighted by molar-refractivity contribution is 7.92. The fourth-order valence-electron chi connectivity index (χ4n) is 3.06. The van der Waals surface area contributed by atoms with Gasteiger partial charge in [0.2, 0.25) is 0 Å². The average Bonchev–Trinajstić information content (AvgIpc) is 2.96. The normalized spacial score (nSPS) is 18.0. The number of hydrogen-bond donors (Lipinski definition) is 3. The Labute approximate surface area is 147 Å². The number of benzene rings is 2. The Kier molecular flexibility index (Phi) is 4.99. The molecule has 3 N–H and O–H groups in total. The molecule has 134 valence electrons. The number of hydrogen-bond acceptors (Lipinski definition) is 5. The molecule has 1 heterocycles. The summed E-state index contributed by atoms with van der Waals surface area (Å²) < 4.78 is 27.6. The van der Waals surface area contributed by atoms with Gasteiger partial charge in [-0.05, 0) is 49.2 Å². The summed E-state index contributed by atoms with van der Waals surface area (Å²) in [5.74, 6) is 0. The van der Waals surface area contributed by atoms with Crippen LogP contribution < -0.4 is 9.62 Å². The Balaban J connectivity index is 1.83. The lowest BCUT2D eigenvalue weighted by Crippen LogP contribution is -2.35. The van der Waals surface area contributed by atoms with E-state index in [0.29, 0.717) is 12.1 Å². The summed E-state index contributed by atoms with van der Waals surface area (Å²) in [6.07, 6.45) is -0.154. The summed E-state index contributed by atoms with van der Waals surface area (Å²) in [6.45, 7) is 1.77. The standard InChI is InChI=1S/C18H22N2O4S/c1-13-10-14-4-2-3-5-18(14)20(13)25(23,24)17-8-6-15(7-9-17)19-11-16(22)12-21/h2-9,13,16,19,21-22H,10-12H2,1H3. The van der Waals surface area contributed by atoms with Crippen molar-refractivity contribution in [2.24, 2.45) is 0 Å². The van der Waals surface area contributed by atoms with Crippen molar-refractivity contribution < 1.29 is 18.6 Å². The van der Waals surface area contributed by atoms with Gasteiger partial charge in [0.15, 0.2) is 0 Å². The highest BCUT2D eigenvalue weighted by Gasteiger charge is 2.35. The number of sulfonamides is 1. The van der Waals surface area contributed by atoms with E-state index in [1.54, 1.807) is 24.3 Å². The first-order valence-corrected chi connectivity index (χ1v) is 9.62. The van der Waals surface area contributed by atoms with Gasteiger partial charge in [-0.25, -0.2) is 8.42 Å². The molecule has 0 fully saturated rings. The number of rotatable bonds is 6. The first kappa shape index (κ1) is 17.7. The Morgan fingerprint density at radius 2 is 1.88 bits per heavy atom. The molecular formula is C18H22N2O4S. The van der Waals surface area contributed by atoms with Crippen molar-refractivity contribution in [2.75, 3.05) is 22.8 Å². The van der Waals surface area contributed by atoms with Crippen LogP contribution in [-0.2, 0) is 16.4 Å². The predicted octanol–water partition coefficient (Wildman–Crippen LogP) is 1.59. The van der Waals surface area contributed by atoms with Crippen LogP contribution >= 0.6 is 0 Å². The van der Waals surface area contributed by atoms with Crippen molar-refractivity contribution in [1.29, 1.82) is 0 Å². The van der Waals surface area contributed by atoms with Crippen LogP contribution in [0.25, 0.3) is 0 Å². The fourth-order valence-corrected chi connectivity index (χ4v) is 4.75. The minimum absolute atomic E-state index is 0.125. The molecule has 0 saturated carbocycles. The van der Waals surface area contributed by atoms with E-state index in [1.165, 1.54) is 4.31 Å². The zero-order valence-electron chi connectivity index (χ0n) is 14.0. The van der Waals surface area contributed by atoms with Gasteiger partial charge in [0.1, 0.15) is 0 Å². The second-order valence-corrected chi connectivity index (χ2v) is 8.04. The highest BCUT2D eigenvalue weighted by atomic mass is 32.2. The minimum atomic E-state index is -3.64.